The van der Waals surface area contributed by atoms with Gasteiger partial charge in [0.2, 0.25) is 23.7 Å². The molecule has 0 aromatic heterocycles. The topological polar surface area (TPSA) is 74.7 Å². The summed E-state index contributed by atoms with van der Waals surface area (Å²) in [5.41, 5.74) is 0.313. The molecule has 1 aromatic rings. The van der Waals surface area contributed by atoms with Crippen LogP contribution in [-0.2, 0) is 25.2 Å². The van der Waals surface area contributed by atoms with Crippen molar-refractivity contribution in [3.8, 4) is 0 Å². The van der Waals surface area contributed by atoms with Crippen LogP contribution in [0.1, 0.15) is 18.4 Å². The van der Waals surface area contributed by atoms with E-state index >= 15 is 0 Å². The van der Waals surface area contributed by atoms with Gasteiger partial charge in [-0.15, -0.1) is 0 Å². The highest BCUT2D eigenvalue weighted by molar-refractivity contribution is 7.80. The number of fused-ring (bicyclic) bond motifs is 2. The number of aliphatic imine (C=N–C) groups is 1. The van der Waals surface area contributed by atoms with Crippen LogP contribution in [0.25, 0.3) is 0 Å². The van der Waals surface area contributed by atoms with Gasteiger partial charge in [0.25, 0.3) is 0 Å². The molecule has 1 aliphatic carbocycles. The van der Waals surface area contributed by atoms with Crippen LogP contribution in [0.3, 0.4) is 0 Å². The summed E-state index contributed by atoms with van der Waals surface area (Å²) in [6, 6.07) is 5.21. The normalized spacial score (nSPS) is 21.7. The maximum Gasteiger partial charge on any atom is 0.416 e. The molecule has 2 saturated heterocycles. The monoisotopic (exact) mass is 520 g/mol. The molecule has 8 nitrogen and oxygen atoms in total. The van der Waals surface area contributed by atoms with E-state index in [1.165, 1.54) is 11.0 Å². The van der Waals surface area contributed by atoms with Crippen molar-refractivity contribution in [2.45, 2.75) is 19.0 Å². The highest BCUT2D eigenvalue weighted by atomic mass is 32.1. The molecule has 2 amide bonds. The van der Waals surface area contributed by atoms with E-state index in [0.29, 0.717) is 55.5 Å². The molecule has 0 radical (unpaired) electrons. The maximum atomic E-state index is 13.0. The Morgan fingerprint density at radius 3 is 2.64 bits per heavy atom. The number of hydrogen-bond acceptors (Lipinski definition) is 6. The quantitative estimate of drug-likeness (QED) is 0.556. The number of allylic oxidation sites excluding steroid dienone is 1. The molecule has 0 saturated carbocycles. The third-order valence-corrected chi connectivity index (χ3v) is 6.83. The van der Waals surface area contributed by atoms with Crippen LogP contribution in [0.5, 0.6) is 0 Å². The lowest BCUT2D eigenvalue weighted by atomic mass is 9.94. The third-order valence-electron chi connectivity index (χ3n) is 6.52. The molecule has 1 aromatic carbocycles. The largest absolute Gasteiger partial charge is 0.454 e. The molecule has 1 unspecified atom stereocenters. The van der Waals surface area contributed by atoms with Crippen LogP contribution in [0.4, 0.5) is 18.9 Å². The molecule has 12 heteroatoms. The van der Waals surface area contributed by atoms with Gasteiger partial charge in [0, 0.05) is 50.9 Å². The zero-order chi connectivity index (χ0) is 25.4. The Balaban J connectivity index is 1.12. The minimum atomic E-state index is -4.40. The predicted molar refractivity (Wildman–Crippen MR) is 128 cm³/mol. The number of alkyl halides is 3. The Morgan fingerprint density at radius 1 is 1.14 bits per heavy atom. The second kappa shape index (κ2) is 9.57. The molecule has 3 aliphatic heterocycles. The van der Waals surface area contributed by atoms with E-state index in [9.17, 15) is 22.8 Å². The summed E-state index contributed by atoms with van der Waals surface area (Å²) in [5, 5.41) is 0.154. The smallest absolute Gasteiger partial charge is 0.416 e. The van der Waals surface area contributed by atoms with E-state index in [4.69, 9.17) is 21.7 Å². The lowest BCUT2D eigenvalue weighted by molar-refractivity contribution is -0.137. The predicted octanol–water partition coefficient (Wildman–Crippen LogP) is 3.10. The fourth-order valence-corrected chi connectivity index (χ4v) is 4.87. The zero-order valence-corrected chi connectivity index (χ0v) is 20.0. The van der Waals surface area contributed by atoms with Crippen molar-refractivity contribution in [1.82, 2.24) is 9.80 Å². The Labute approximate surface area is 210 Å². The lowest BCUT2D eigenvalue weighted by Crippen LogP contribution is -2.49. The second-order valence-corrected chi connectivity index (χ2v) is 9.12. The number of ether oxygens (including phenoxy) is 2. The molecule has 3 heterocycles. The van der Waals surface area contributed by atoms with Gasteiger partial charge in [-0.05, 0) is 42.9 Å². The second-order valence-electron chi connectivity index (χ2n) is 8.75. The Hall–Kier alpha value is -3.41. The van der Waals surface area contributed by atoms with Crippen molar-refractivity contribution in [3.63, 3.8) is 0 Å². The van der Waals surface area contributed by atoms with Gasteiger partial charge in [0.1, 0.15) is 5.92 Å². The van der Waals surface area contributed by atoms with Crippen LogP contribution < -0.4 is 4.90 Å². The first-order valence-corrected chi connectivity index (χ1v) is 11.9. The number of halogens is 3. The lowest BCUT2D eigenvalue weighted by Gasteiger charge is -2.36. The SMILES string of the molecule is O=C(CCCN1C(=O)C2C=C3OCOC3=CC2=NC1=S)N1CCN(c2cccc(C(F)(F)F)c2)CC1. The van der Waals surface area contributed by atoms with Gasteiger partial charge < -0.3 is 19.3 Å². The third kappa shape index (κ3) is 4.81. The number of piperazine rings is 1. The molecule has 190 valence electrons. The van der Waals surface area contributed by atoms with Crippen molar-refractivity contribution >= 4 is 40.5 Å². The van der Waals surface area contributed by atoms with Gasteiger partial charge in [0.15, 0.2) is 11.5 Å². The highest BCUT2D eigenvalue weighted by Gasteiger charge is 2.38. The van der Waals surface area contributed by atoms with E-state index in [1.54, 1.807) is 23.1 Å². The molecule has 2 fully saturated rings. The van der Waals surface area contributed by atoms with Gasteiger partial charge in [-0.25, -0.2) is 4.99 Å². The summed E-state index contributed by atoms with van der Waals surface area (Å²) in [6.07, 6.45) is -0.429. The van der Waals surface area contributed by atoms with Crippen LogP contribution in [0.15, 0.2) is 52.9 Å². The van der Waals surface area contributed by atoms with Crippen LogP contribution in [0.2, 0.25) is 0 Å². The first-order valence-electron chi connectivity index (χ1n) is 11.5. The van der Waals surface area contributed by atoms with Crippen LogP contribution in [0, 0.1) is 5.92 Å². The summed E-state index contributed by atoms with van der Waals surface area (Å²) in [4.78, 5) is 35.1. The first-order chi connectivity index (χ1) is 17.2. The molecule has 1 atom stereocenters. The maximum absolute atomic E-state index is 13.0. The van der Waals surface area contributed by atoms with Crippen LogP contribution >= 0.6 is 12.2 Å². The van der Waals surface area contributed by atoms with Crippen molar-refractivity contribution in [2.24, 2.45) is 10.9 Å². The molecule has 0 spiro atoms. The highest BCUT2D eigenvalue weighted by Crippen LogP contribution is 2.33. The van der Waals surface area contributed by atoms with E-state index in [-0.39, 0.29) is 36.7 Å². The number of carbonyl (C=O) groups is 2. The number of thiocarbonyl (C=S) groups is 1. The van der Waals surface area contributed by atoms with E-state index < -0.39 is 17.7 Å². The van der Waals surface area contributed by atoms with Gasteiger partial charge >= 0.3 is 6.18 Å². The Bertz CT molecular complexity index is 1190. The standard InChI is InChI=1S/C24H23F3N4O4S/c25-24(26,27)15-3-1-4-16(11-15)29-7-9-30(10-8-29)21(32)5-2-6-31-22(33)17-12-19-20(35-14-34-19)13-18(17)28-23(31)36/h1,3-4,11-13,17H,2,5-10,14H2. The van der Waals surface area contributed by atoms with E-state index in [2.05, 4.69) is 4.99 Å². The number of nitrogens with zero attached hydrogens (tertiary/aromatic N) is 4. The van der Waals surface area contributed by atoms with Crippen LogP contribution in [-0.4, -0.2) is 72.0 Å². The van der Waals surface area contributed by atoms with Crippen molar-refractivity contribution in [2.75, 3.05) is 44.4 Å². The molecule has 0 bridgehead atoms. The average molecular weight is 521 g/mol. The van der Waals surface area contributed by atoms with Crippen molar-refractivity contribution < 1.29 is 32.2 Å². The zero-order valence-electron chi connectivity index (χ0n) is 19.2. The molecule has 0 N–H and O–H groups in total. The van der Waals surface area contributed by atoms with Gasteiger partial charge in [-0.2, -0.15) is 13.2 Å². The number of carbonyl (C=O) groups excluding carboxylic acids is 2. The molecule has 4 aliphatic rings. The van der Waals surface area contributed by atoms with Gasteiger partial charge in [-0.1, -0.05) is 6.07 Å². The number of rotatable bonds is 5. The number of hydrogen-bond donors (Lipinski definition) is 0. The van der Waals surface area contributed by atoms with Crippen molar-refractivity contribution in [1.29, 1.82) is 0 Å². The summed E-state index contributed by atoms with van der Waals surface area (Å²) in [5.74, 6) is 0.164. The summed E-state index contributed by atoms with van der Waals surface area (Å²) < 4.78 is 49.7. The fourth-order valence-electron chi connectivity index (χ4n) is 4.58. The number of benzene rings is 1. The fraction of sp³-hybridized carbons (Fsp3) is 0.417. The van der Waals surface area contributed by atoms with E-state index in [0.717, 1.165) is 12.1 Å². The number of anilines is 1. The summed E-state index contributed by atoms with van der Waals surface area (Å²) in [7, 11) is 0. The minimum Gasteiger partial charge on any atom is -0.454 e. The minimum absolute atomic E-state index is 0.0675. The van der Waals surface area contributed by atoms with E-state index in [1.807, 2.05) is 4.90 Å². The van der Waals surface area contributed by atoms with Gasteiger partial charge in [-0.3, -0.25) is 14.5 Å². The average Bonchev–Trinajstić information content (AvgIpc) is 3.32. The van der Waals surface area contributed by atoms with Gasteiger partial charge in [0.05, 0.1) is 11.3 Å². The molecular weight excluding hydrogens is 497 g/mol. The summed E-state index contributed by atoms with van der Waals surface area (Å²) >= 11 is 5.31. The number of amides is 2. The Kier molecular flexibility index (Phi) is 6.45. The Morgan fingerprint density at radius 2 is 1.89 bits per heavy atom. The summed E-state index contributed by atoms with van der Waals surface area (Å²) in [6.45, 7) is 2.06. The van der Waals surface area contributed by atoms with Crippen molar-refractivity contribution in [3.05, 3.63) is 53.5 Å². The molecule has 36 heavy (non-hydrogen) atoms. The molecular formula is C24H23F3N4O4S. The first kappa shape index (κ1) is 24.3. The molecule has 5 rings (SSSR count).